The van der Waals surface area contributed by atoms with Gasteiger partial charge in [-0.05, 0) is 49.5 Å². The van der Waals surface area contributed by atoms with Crippen molar-refractivity contribution in [2.75, 3.05) is 36.5 Å². The number of nitrogens with zero attached hydrogens (tertiary/aromatic N) is 6. The van der Waals surface area contributed by atoms with Crippen LogP contribution in [0.1, 0.15) is 31.2 Å². The molecule has 1 amide bonds. The fourth-order valence-corrected chi connectivity index (χ4v) is 6.95. The second kappa shape index (κ2) is 10.3. The molecule has 1 atom stereocenters. The number of amides is 1. The summed E-state index contributed by atoms with van der Waals surface area (Å²) < 4.78 is 43.0. The lowest BCUT2D eigenvalue weighted by molar-refractivity contribution is -0.126. The summed E-state index contributed by atoms with van der Waals surface area (Å²) in [5.74, 6) is -0.676. The summed E-state index contributed by atoms with van der Waals surface area (Å²) in [5, 5.41) is 0.459. The van der Waals surface area contributed by atoms with E-state index in [1.54, 1.807) is 17.0 Å². The lowest BCUT2D eigenvalue weighted by atomic mass is 10.1. The van der Waals surface area contributed by atoms with Gasteiger partial charge in [-0.25, -0.2) is 32.1 Å². The summed E-state index contributed by atoms with van der Waals surface area (Å²) in [6.07, 6.45) is 4.01. The Hall–Kier alpha value is -4.17. The third kappa shape index (κ3) is 4.73. The molecule has 1 saturated carbocycles. The first kappa shape index (κ1) is 28.0. The van der Waals surface area contributed by atoms with Crippen molar-refractivity contribution in [3.05, 3.63) is 64.3 Å². The fraction of sp³-hybridized carbons (Fsp3) is 0.321. The zero-order chi connectivity index (χ0) is 29.9. The number of carbonyl (C=O) groups is 1. The number of piperazine rings is 1. The van der Waals surface area contributed by atoms with Gasteiger partial charge in [0.2, 0.25) is 5.91 Å². The van der Waals surface area contributed by atoms with E-state index >= 15 is 4.39 Å². The van der Waals surface area contributed by atoms with Gasteiger partial charge in [-0.2, -0.15) is 4.98 Å². The molecule has 11 nitrogen and oxygen atoms in total. The third-order valence-electron chi connectivity index (χ3n) is 7.68. The van der Waals surface area contributed by atoms with Crippen LogP contribution in [0.2, 0.25) is 0 Å². The Bertz CT molecular complexity index is 1930. The minimum absolute atomic E-state index is 0.0311. The maximum absolute atomic E-state index is 15.8. The number of benzene rings is 1. The number of nitrogen functional groups attached to an aromatic ring is 1. The number of fused-ring (bicyclic) bond motifs is 1. The Morgan fingerprint density at radius 3 is 2.60 bits per heavy atom. The monoisotopic (exact) mass is 609 g/mol. The van der Waals surface area contributed by atoms with Gasteiger partial charge in [0.15, 0.2) is 21.3 Å². The summed E-state index contributed by atoms with van der Waals surface area (Å²) >= 11 is 1.12. The number of pyridine rings is 1. The summed E-state index contributed by atoms with van der Waals surface area (Å²) in [6.45, 7) is 6.43. The molecule has 2 N–H and O–H groups in total. The van der Waals surface area contributed by atoms with Crippen LogP contribution >= 0.6 is 11.3 Å². The van der Waals surface area contributed by atoms with Gasteiger partial charge in [-0.15, -0.1) is 11.3 Å². The Balaban J connectivity index is 1.66. The van der Waals surface area contributed by atoms with Crippen LogP contribution in [0.3, 0.4) is 0 Å². The van der Waals surface area contributed by atoms with Crippen molar-refractivity contribution in [2.24, 2.45) is 0 Å². The minimum Gasteiger partial charge on any atom is -0.389 e. The molecule has 6 rings (SSSR count). The van der Waals surface area contributed by atoms with Gasteiger partial charge >= 0.3 is 5.69 Å². The van der Waals surface area contributed by atoms with Crippen molar-refractivity contribution in [1.82, 2.24) is 24.4 Å². The number of thiazole rings is 1. The van der Waals surface area contributed by atoms with Crippen molar-refractivity contribution in [2.45, 2.75) is 36.6 Å². The molecule has 0 bridgehead atoms. The van der Waals surface area contributed by atoms with E-state index in [0.717, 1.165) is 30.4 Å². The van der Waals surface area contributed by atoms with Crippen LogP contribution in [-0.2, 0) is 14.6 Å². The van der Waals surface area contributed by atoms with Gasteiger partial charge in [-0.3, -0.25) is 4.79 Å². The Labute approximate surface area is 245 Å². The van der Waals surface area contributed by atoms with Crippen molar-refractivity contribution < 1.29 is 17.6 Å². The second-order valence-corrected chi connectivity index (χ2v) is 13.5. The predicted octanol–water partition coefficient (Wildman–Crippen LogP) is 3.13. The quantitative estimate of drug-likeness (QED) is 0.326. The van der Waals surface area contributed by atoms with E-state index < -0.39 is 21.3 Å². The number of sulfone groups is 1. The van der Waals surface area contributed by atoms with Crippen LogP contribution in [0.25, 0.3) is 28.1 Å². The Morgan fingerprint density at radius 2 is 1.98 bits per heavy atom. The normalized spacial score (nSPS) is 17.5. The third-order valence-corrected chi connectivity index (χ3v) is 9.46. The summed E-state index contributed by atoms with van der Waals surface area (Å²) in [7, 11) is -3.80. The van der Waals surface area contributed by atoms with E-state index in [4.69, 9.17) is 5.73 Å². The number of para-hydroxylation sites is 1. The van der Waals surface area contributed by atoms with Crippen molar-refractivity contribution >= 4 is 48.9 Å². The summed E-state index contributed by atoms with van der Waals surface area (Å²) in [5.41, 5.74) is 7.63. The number of carbonyl (C=O) groups excluding carboxylic acids is 1. The highest BCUT2D eigenvalue weighted by molar-refractivity contribution is 7.90. The lowest BCUT2D eigenvalue weighted by Crippen LogP contribution is -2.54. The molecule has 2 fully saturated rings. The highest BCUT2D eigenvalue weighted by Crippen LogP contribution is 2.45. The first-order valence-corrected chi connectivity index (χ1v) is 16.1. The molecule has 1 aromatic carbocycles. The maximum atomic E-state index is 15.8. The first-order valence-electron chi connectivity index (χ1n) is 13.3. The average Bonchev–Trinajstić information content (AvgIpc) is 3.71. The van der Waals surface area contributed by atoms with E-state index in [2.05, 4.69) is 21.5 Å². The standard InChI is InChI=1S/C28H28FN7O4S2/c1-4-21(37)34-10-11-35(15(2)13-34)26-18-12-19(29)22(23-25(30)41-14-31-23)32-27(18)36(28(38)33-26)24-17(16-8-9-16)6-5-7-20(24)42(3,39)40/h4-7,12,14-16H,1,8-11,13,30H2,2-3H3/t15-/m0/s1. The zero-order valence-corrected chi connectivity index (χ0v) is 24.6. The predicted molar refractivity (Wildman–Crippen MR) is 159 cm³/mol. The number of rotatable bonds is 6. The number of anilines is 2. The first-order chi connectivity index (χ1) is 20.0. The molecule has 2 aliphatic rings. The smallest absolute Gasteiger partial charge is 0.355 e. The summed E-state index contributed by atoms with van der Waals surface area (Å²) in [4.78, 5) is 42.9. The molecule has 4 heterocycles. The van der Waals surface area contributed by atoms with E-state index in [1.807, 2.05) is 11.8 Å². The van der Waals surface area contributed by atoms with Crippen LogP contribution in [0.15, 0.2) is 52.1 Å². The number of hydrogen-bond acceptors (Lipinski definition) is 10. The van der Waals surface area contributed by atoms with E-state index in [9.17, 15) is 18.0 Å². The molecule has 0 spiro atoms. The molecule has 4 aromatic rings. The fourth-order valence-electron chi connectivity index (χ4n) is 5.53. The van der Waals surface area contributed by atoms with E-state index in [0.29, 0.717) is 25.2 Å². The number of halogens is 1. The number of aromatic nitrogens is 4. The van der Waals surface area contributed by atoms with Gasteiger partial charge in [-0.1, -0.05) is 18.7 Å². The molecule has 3 aromatic heterocycles. The highest BCUT2D eigenvalue weighted by Gasteiger charge is 2.34. The van der Waals surface area contributed by atoms with Crippen molar-refractivity contribution in [1.29, 1.82) is 0 Å². The van der Waals surface area contributed by atoms with Crippen LogP contribution in [0.5, 0.6) is 0 Å². The molecule has 1 aliphatic heterocycles. The molecule has 218 valence electrons. The lowest BCUT2D eigenvalue weighted by Gasteiger charge is -2.40. The van der Waals surface area contributed by atoms with Gasteiger partial charge in [0, 0.05) is 31.9 Å². The highest BCUT2D eigenvalue weighted by atomic mass is 32.2. The van der Waals surface area contributed by atoms with Crippen LogP contribution in [0, 0.1) is 5.82 Å². The summed E-state index contributed by atoms with van der Waals surface area (Å²) in [6, 6.07) is 5.86. The largest absolute Gasteiger partial charge is 0.389 e. The second-order valence-electron chi connectivity index (χ2n) is 10.6. The molecule has 1 saturated heterocycles. The average molecular weight is 610 g/mol. The number of nitrogens with two attached hydrogens (primary N) is 1. The van der Waals surface area contributed by atoms with Gasteiger partial charge in [0.05, 0.1) is 21.5 Å². The molecular weight excluding hydrogens is 581 g/mol. The van der Waals surface area contributed by atoms with Crippen molar-refractivity contribution in [3.8, 4) is 17.1 Å². The van der Waals surface area contributed by atoms with Crippen molar-refractivity contribution in [3.63, 3.8) is 0 Å². The van der Waals surface area contributed by atoms with Gasteiger partial charge in [0.1, 0.15) is 22.2 Å². The van der Waals surface area contributed by atoms with Gasteiger partial charge < -0.3 is 15.5 Å². The molecule has 42 heavy (non-hydrogen) atoms. The Kier molecular flexibility index (Phi) is 6.84. The van der Waals surface area contributed by atoms with Gasteiger partial charge in [0.25, 0.3) is 0 Å². The van der Waals surface area contributed by atoms with Crippen LogP contribution in [0.4, 0.5) is 15.2 Å². The Morgan fingerprint density at radius 1 is 1.21 bits per heavy atom. The van der Waals surface area contributed by atoms with E-state index in [-0.39, 0.29) is 61.7 Å². The molecule has 0 unspecified atom stereocenters. The number of hydrogen-bond donors (Lipinski definition) is 1. The molecule has 0 radical (unpaired) electrons. The minimum atomic E-state index is -3.80. The maximum Gasteiger partial charge on any atom is 0.355 e. The molecule has 1 aliphatic carbocycles. The van der Waals surface area contributed by atoms with Crippen LogP contribution in [-0.4, -0.2) is 70.7 Å². The SMILES string of the molecule is C=CC(=O)N1CCN(c2nc(=O)n(-c3c(C4CC4)cccc3S(C)(=O)=O)c3nc(-c4ncsc4N)c(F)cc23)[C@@H](C)C1. The van der Waals surface area contributed by atoms with Crippen LogP contribution < -0.4 is 16.3 Å². The van der Waals surface area contributed by atoms with E-state index in [1.165, 1.54) is 28.3 Å². The molecular formula is C28H28FN7O4S2. The topological polar surface area (TPSA) is 144 Å². The molecule has 14 heteroatoms. The zero-order valence-electron chi connectivity index (χ0n) is 22.9.